The Kier molecular flexibility index (Phi) is 6.16. The molecule has 1 aromatic heterocycles. The quantitative estimate of drug-likeness (QED) is 0.721. The number of thiophene rings is 1. The number of halogens is 1. The van der Waals surface area contributed by atoms with Crippen LogP contribution in [0.2, 0.25) is 4.34 Å². The van der Waals surface area contributed by atoms with E-state index in [0.717, 1.165) is 32.6 Å². The van der Waals surface area contributed by atoms with Gasteiger partial charge in [-0.15, -0.1) is 11.3 Å². The zero-order chi connectivity index (χ0) is 18.5. The van der Waals surface area contributed by atoms with Crippen LogP contribution in [-0.4, -0.2) is 30.4 Å². The number of amides is 2. The van der Waals surface area contributed by atoms with E-state index in [1.807, 2.05) is 30.3 Å². The first-order valence-electron chi connectivity index (χ1n) is 8.55. The van der Waals surface area contributed by atoms with Gasteiger partial charge >= 0.3 is 0 Å². The number of benzene rings is 1. The van der Waals surface area contributed by atoms with Gasteiger partial charge in [-0.3, -0.25) is 9.59 Å². The van der Waals surface area contributed by atoms with Gasteiger partial charge in [0.25, 0.3) is 0 Å². The van der Waals surface area contributed by atoms with Crippen LogP contribution < -0.4 is 10.1 Å². The highest BCUT2D eigenvalue weighted by Crippen LogP contribution is 2.27. The second-order valence-electron chi connectivity index (χ2n) is 6.27. The molecule has 2 amide bonds. The molecule has 1 aliphatic heterocycles. The average molecular weight is 393 g/mol. The molecule has 26 heavy (non-hydrogen) atoms. The summed E-state index contributed by atoms with van der Waals surface area (Å²) >= 11 is 7.40. The number of hydrogen-bond donors (Lipinski definition) is 1. The predicted octanol–water partition coefficient (Wildman–Crippen LogP) is 4.10. The second-order valence-corrected chi connectivity index (χ2v) is 8.07. The number of aryl methyl sites for hydroxylation is 1. The van der Waals surface area contributed by atoms with Crippen LogP contribution in [0, 0.1) is 0 Å². The zero-order valence-electron chi connectivity index (χ0n) is 14.6. The lowest BCUT2D eigenvalue weighted by molar-refractivity contribution is -0.130. The van der Waals surface area contributed by atoms with E-state index in [-0.39, 0.29) is 11.8 Å². The van der Waals surface area contributed by atoms with Gasteiger partial charge in [-0.2, -0.15) is 0 Å². The Hall–Kier alpha value is -2.05. The Balaban J connectivity index is 1.41. The minimum absolute atomic E-state index is 0.0543. The Bertz CT molecular complexity index is 806. The molecule has 2 aromatic rings. The summed E-state index contributed by atoms with van der Waals surface area (Å²) in [6.45, 7) is 1.06. The van der Waals surface area contributed by atoms with Gasteiger partial charge in [0.05, 0.1) is 17.5 Å². The summed E-state index contributed by atoms with van der Waals surface area (Å²) in [7, 11) is 1.80. The fraction of sp³-hybridized carbons (Fsp3) is 0.368. The van der Waals surface area contributed by atoms with Crippen LogP contribution in [0.4, 0.5) is 5.69 Å². The van der Waals surface area contributed by atoms with Crippen molar-refractivity contribution in [1.82, 2.24) is 4.90 Å². The number of fused-ring (bicyclic) bond motifs is 1. The lowest BCUT2D eigenvalue weighted by atomic mass is 10.0. The van der Waals surface area contributed by atoms with Crippen molar-refractivity contribution in [3.05, 3.63) is 45.1 Å². The molecule has 2 heterocycles. The fourth-order valence-corrected chi connectivity index (χ4v) is 3.95. The van der Waals surface area contributed by atoms with E-state index in [1.165, 1.54) is 11.3 Å². The van der Waals surface area contributed by atoms with Crippen LogP contribution in [0.5, 0.6) is 5.75 Å². The fourth-order valence-electron chi connectivity index (χ4n) is 2.81. The summed E-state index contributed by atoms with van der Waals surface area (Å²) in [6.07, 6.45) is 2.33. The number of ether oxygens (including phenoxy) is 1. The highest BCUT2D eigenvalue weighted by molar-refractivity contribution is 7.16. The third kappa shape index (κ3) is 4.99. The smallest absolute Gasteiger partial charge is 0.224 e. The highest BCUT2D eigenvalue weighted by atomic mass is 35.5. The molecule has 3 rings (SSSR count). The highest BCUT2D eigenvalue weighted by Gasteiger charge is 2.15. The van der Waals surface area contributed by atoms with E-state index >= 15 is 0 Å². The van der Waals surface area contributed by atoms with Crippen molar-refractivity contribution in [2.75, 3.05) is 19.0 Å². The van der Waals surface area contributed by atoms with E-state index in [0.29, 0.717) is 32.4 Å². The molecule has 1 N–H and O–H groups in total. The van der Waals surface area contributed by atoms with E-state index in [4.69, 9.17) is 16.3 Å². The molecule has 0 radical (unpaired) electrons. The summed E-state index contributed by atoms with van der Waals surface area (Å²) < 4.78 is 6.49. The molecular formula is C19H21ClN2O3S. The topological polar surface area (TPSA) is 58.6 Å². The van der Waals surface area contributed by atoms with Crippen molar-refractivity contribution in [3.63, 3.8) is 0 Å². The normalized spacial score (nSPS) is 13.1. The molecular weight excluding hydrogens is 372 g/mol. The van der Waals surface area contributed by atoms with Gasteiger partial charge in [0.15, 0.2) is 0 Å². The van der Waals surface area contributed by atoms with Gasteiger partial charge in [0.2, 0.25) is 11.8 Å². The number of hydrogen-bond acceptors (Lipinski definition) is 4. The minimum Gasteiger partial charge on any atom is -0.494 e. The van der Waals surface area contributed by atoms with Crippen LogP contribution in [0.15, 0.2) is 30.3 Å². The maximum absolute atomic E-state index is 12.2. The summed E-state index contributed by atoms with van der Waals surface area (Å²) in [5.41, 5.74) is 1.95. The molecule has 0 spiro atoms. The van der Waals surface area contributed by atoms with Crippen molar-refractivity contribution in [1.29, 1.82) is 0 Å². The number of rotatable bonds is 7. The minimum atomic E-state index is 0.0543. The first-order chi connectivity index (χ1) is 12.5. The maximum Gasteiger partial charge on any atom is 0.224 e. The molecule has 5 nitrogen and oxygen atoms in total. The molecule has 0 unspecified atom stereocenters. The molecule has 0 atom stereocenters. The Labute approximate surface area is 161 Å². The van der Waals surface area contributed by atoms with E-state index < -0.39 is 0 Å². The summed E-state index contributed by atoms with van der Waals surface area (Å²) in [4.78, 5) is 26.3. The van der Waals surface area contributed by atoms with E-state index in [1.54, 1.807) is 11.9 Å². The third-order valence-corrected chi connectivity index (χ3v) is 5.44. The molecule has 1 aromatic carbocycles. The molecule has 138 valence electrons. The number of nitrogens with one attached hydrogen (secondary N) is 1. The number of anilines is 1. The largest absolute Gasteiger partial charge is 0.494 e. The van der Waals surface area contributed by atoms with Gasteiger partial charge in [0, 0.05) is 30.5 Å². The summed E-state index contributed by atoms with van der Waals surface area (Å²) in [5.74, 6) is 0.916. The predicted molar refractivity (Wildman–Crippen MR) is 104 cm³/mol. The van der Waals surface area contributed by atoms with Crippen molar-refractivity contribution in [2.45, 2.75) is 32.2 Å². The summed E-state index contributed by atoms with van der Waals surface area (Å²) in [6, 6.07) is 9.46. The second kappa shape index (κ2) is 8.56. The van der Waals surface area contributed by atoms with Crippen molar-refractivity contribution >= 4 is 40.4 Å². The molecule has 1 aliphatic rings. The molecule has 0 saturated heterocycles. The van der Waals surface area contributed by atoms with E-state index in [9.17, 15) is 9.59 Å². The molecule has 0 fully saturated rings. The van der Waals surface area contributed by atoms with Crippen molar-refractivity contribution in [2.24, 2.45) is 0 Å². The van der Waals surface area contributed by atoms with Gasteiger partial charge in [-0.1, -0.05) is 11.6 Å². The molecule has 7 heteroatoms. The SMILES string of the molecule is CN(Cc1ccc(Cl)s1)C(=O)CCCOc1ccc2c(c1)CCC(=O)N2. The maximum atomic E-state index is 12.2. The van der Waals surface area contributed by atoms with E-state index in [2.05, 4.69) is 5.32 Å². The zero-order valence-corrected chi connectivity index (χ0v) is 16.2. The van der Waals surface area contributed by atoms with Crippen LogP contribution in [0.25, 0.3) is 0 Å². The summed E-state index contributed by atoms with van der Waals surface area (Å²) in [5, 5.41) is 2.85. The Morgan fingerprint density at radius 2 is 2.15 bits per heavy atom. The molecule has 0 saturated carbocycles. The van der Waals surface area contributed by atoms with Crippen LogP contribution in [0.3, 0.4) is 0 Å². The van der Waals surface area contributed by atoms with Crippen LogP contribution >= 0.6 is 22.9 Å². The number of carbonyl (C=O) groups is 2. The van der Waals surface area contributed by atoms with Gasteiger partial charge < -0.3 is 15.0 Å². The lowest BCUT2D eigenvalue weighted by Crippen LogP contribution is -2.25. The lowest BCUT2D eigenvalue weighted by Gasteiger charge is -2.18. The third-order valence-electron chi connectivity index (χ3n) is 4.22. The number of carbonyl (C=O) groups excluding carboxylic acids is 2. The van der Waals surface area contributed by atoms with Crippen LogP contribution in [0.1, 0.15) is 29.7 Å². The Morgan fingerprint density at radius 1 is 1.31 bits per heavy atom. The van der Waals surface area contributed by atoms with Gasteiger partial charge in [-0.25, -0.2) is 0 Å². The van der Waals surface area contributed by atoms with Crippen LogP contribution in [-0.2, 0) is 22.6 Å². The van der Waals surface area contributed by atoms with Crippen molar-refractivity contribution in [3.8, 4) is 5.75 Å². The first kappa shape index (κ1) is 18.7. The molecule has 0 bridgehead atoms. The first-order valence-corrected chi connectivity index (χ1v) is 9.74. The Morgan fingerprint density at radius 3 is 2.92 bits per heavy atom. The average Bonchev–Trinajstić information content (AvgIpc) is 3.03. The molecule has 0 aliphatic carbocycles. The van der Waals surface area contributed by atoms with Gasteiger partial charge in [-0.05, 0) is 48.7 Å². The number of nitrogens with zero attached hydrogens (tertiary/aromatic N) is 1. The van der Waals surface area contributed by atoms with Crippen molar-refractivity contribution < 1.29 is 14.3 Å². The standard InChI is InChI=1S/C19H21ClN2O3S/c1-22(12-15-6-8-17(20)26-15)19(24)3-2-10-25-14-5-7-16-13(11-14)4-9-18(23)21-16/h5-8,11H,2-4,9-10,12H2,1H3,(H,21,23). The monoisotopic (exact) mass is 392 g/mol. The van der Waals surface area contributed by atoms with Gasteiger partial charge in [0.1, 0.15) is 5.75 Å².